The molecule has 1 aliphatic carbocycles. The third-order valence-corrected chi connectivity index (χ3v) is 11.0. The van der Waals surface area contributed by atoms with Crippen LogP contribution in [0.5, 0.6) is 11.9 Å². The molecule has 11 nitrogen and oxygen atoms in total. The summed E-state index contributed by atoms with van der Waals surface area (Å²) < 4.78 is 59.2. The van der Waals surface area contributed by atoms with E-state index in [0.29, 0.717) is 31.1 Å². The Morgan fingerprint density at radius 2 is 1.98 bits per heavy atom. The SMILES string of the molecule is Nc1nc2c(-c3nc4c5c(nc(OC[C@@]67CCCN6C[C@H](F)C7)nc5c3F)N(Cc3cccnc3N)[C@H]3CC[C@H]3O4)ccc(F)c2s1. The number of anilines is 3. The first-order valence-corrected chi connectivity index (χ1v) is 16.5. The van der Waals surface area contributed by atoms with Crippen molar-refractivity contribution in [2.45, 2.75) is 62.5 Å². The van der Waals surface area contributed by atoms with E-state index in [1.165, 1.54) is 12.1 Å². The number of nitrogen functional groups attached to an aromatic ring is 2. The highest BCUT2D eigenvalue weighted by molar-refractivity contribution is 7.22. The molecule has 4 aromatic heterocycles. The van der Waals surface area contributed by atoms with Gasteiger partial charge < -0.3 is 25.8 Å². The van der Waals surface area contributed by atoms with Gasteiger partial charge in [0.05, 0.1) is 21.8 Å². The number of nitrogens with two attached hydrogens (primary N) is 2. The molecule has 3 aliphatic heterocycles. The van der Waals surface area contributed by atoms with Crippen LogP contribution >= 0.6 is 11.3 Å². The Balaban J connectivity index is 1.23. The van der Waals surface area contributed by atoms with Gasteiger partial charge in [0.1, 0.15) is 52.9 Å². The highest BCUT2D eigenvalue weighted by Gasteiger charge is 2.50. The van der Waals surface area contributed by atoms with Crippen LogP contribution in [0.15, 0.2) is 30.5 Å². The number of benzene rings is 1. The average Bonchev–Trinajstić information content (AvgIpc) is 3.70. The molecular formula is C32H30F3N9O2S. The fourth-order valence-corrected chi connectivity index (χ4v) is 8.44. The molecule has 0 bridgehead atoms. The Hall–Kier alpha value is -4.50. The van der Waals surface area contributed by atoms with Crippen molar-refractivity contribution in [1.82, 2.24) is 29.8 Å². The van der Waals surface area contributed by atoms with Gasteiger partial charge in [-0.25, -0.2) is 28.1 Å². The maximum Gasteiger partial charge on any atom is 0.319 e. The minimum absolute atomic E-state index is 0.0397. The minimum atomic E-state index is -0.935. The number of ether oxygens (including phenoxy) is 2. The van der Waals surface area contributed by atoms with Gasteiger partial charge in [-0.15, -0.1) is 0 Å². The van der Waals surface area contributed by atoms with Gasteiger partial charge in [-0.05, 0) is 50.4 Å². The third kappa shape index (κ3) is 4.46. The number of alkyl halides is 1. The molecular weight excluding hydrogens is 631 g/mol. The van der Waals surface area contributed by atoms with Crippen LogP contribution in [0.1, 0.15) is 37.7 Å². The summed E-state index contributed by atoms with van der Waals surface area (Å²) in [5.41, 5.74) is 12.8. The largest absolute Gasteiger partial charge is 0.472 e. The van der Waals surface area contributed by atoms with Gasteiger partial charge in [0.25, 0.3) is 0 Å². The summed E-state index contributed by atoms with van der Waals surface area (Å²) in [6.45, 7) is 1.67. The Morgan fingerprint density at radius 3 is 2.81 bits per heavy atom. The summed E-state index contributed by atoms with van der Waals surface area (Å²) in [6, 6.07) is 6.21. The summed E-state index contributed by atoms with van der Waals surface area (Å²) in [7, 11) is 0. The molecule has 0 radical (unpaired) electrons. The van der Waals surface area contributed by atoms with Crippen LogP contribution in [0.3, 0.4) is 0 Å². The predicted octanol–water partition coefficient (Wildman–Crippen LogP) is 5.02. The zero-order chi connectivity index (χ0) is 32.0. The van der Waals surface area contributed by atoms with Crippen molar-refractivity contribution in [2.75, 3.05) is 36.1 Å². The van der Waals surface area contributed by atoms with E-state index in [9.17, 15) is 8.78 Å². The van der Waals surface area contributed by atoms with E-state index in [2.05, 4.69) is 24.8 Å². The molecule has 47 heavy (non-hydrogen) atoms. The summed E-state index contributed by atoms with van der Waals surface area (Å²) in [4.78, 5) is 26.9. The van der Waals surface area contributed by atoms with E-state index in [4.69, 9.17) is 25.9 Å². The zero-order valence-electron chi connectivity index (χ0n) is 25.1. The van der Waals surface area contributed by atoms with Crippen LogP contribution in [0.2, 0.25) is 0 Å². The van der Waals surface area contributed by atoms with Crippen molar-refractivity contribution in [3.05, 3.63) is 47.7 Å². The maximum absolute atomic E-state index is 16.9. The van der Waals surface area contributed by atoms with E-state index >= 15 is 4.39 Å². The normalized spacial score (nSPS) is 25.0. The number of fused-ring (bicyclic) bond motifs is 3. The number of hydrogen-bond donors (Lipinski definition) is 2. The number of pyridine rings is 2. The van der Waals surface area contributed by atoms with Crippen LogP contribution in [0.25, 0.3) is 32.4 Å². The number of hydrogen-bond acceptors (Lipinski definition) is 12. The average molecular weight is 662 g/mol. The van der Waals surface area contributed by atoms with E-state index in [1.54, 1.807) is 6.20 Å². The van der Waals surface area contributed by atoms with Gasteiger partial charge in [-0.2, -0.15) is 9.97 Å². The van der Waals surface area contributed by atoms with Gasteiger partial charge in [0.2, 0.25) is 5.88 Å². The Bertz CT molecular complexity index is 2080. The third-order valence-electron chi connectivity index (χ3n) is 10.1. The summed E-state index contributed by atoms with van der Waals surface area (Å²) >= 11 is 0.976. The number of thiazole rings is 1. The van der Waals surface area contributed by atoms with Crippen molar-refractivity contribution < 1.29 is 22.6 Å². The first kappa shape index (κ1) is 28.7. The molecule has 242 valence electrons. The van der Waals surface area contributed by atoms with E-state index < -0.39 is 23.3 Å². The fourth-order valence-electron chi connectivity index (χ4n) is 7.68. The second-order valence-corrected chi connectivity index (χ2v) is 13.8. The quantitative estimate of drug-likeness (QED) is 0.253. The molecule has 4 N–H and O–H groups in total. The Morgan fingerprint density at radius 1 is 1.09 bits per heavy atom. The molecule has 4 aliphatic rings. The first-order chi connectivity index (χ1) is 22.8. The fraction of sp³-hybridized carbons (Fsp3) is 0.406. The Kier molecular flexibility index (Phi) is 6.41. The van der Waals surface area contributed by atoms with Gasteiger partial charge in [0, 0.05) is 36.8 Å². The summed E-state index contributed by atoms with van der Waals surface area (Å²) in [5.74, 6) is -0.349. The molecule has 1 aromatic carbocycles. The van der Waals surface area contributed by atoms with Gasteiger partial charge in [-0.3, -0.25) is 4.90 Å². The molecule has 0 unspecified atom stereocenters. The van der Waals surface area contributed by atoms with Crippen molar-refractivity contribution in [1.29, 1.82) is 0 Å². The van der Waals surface area contributed by atoms with Gasteiger partial charge in [0.15, 0.2) is 10.9 Å². The van der Waals surface area contributed by atoms with E-state index in [1.807, 2.05) is 17.0 Å². The van der Waals surface area contributed by atoms with Gasteiger partial charge in [-0.1, -0.05) is 17.4 Å². The number of halogens is 3. The van der Waals surface area contributed by atoms with Crippen molar-refractivity contribution in [3.8, 4) is 23.1 Å². The zero-order valence-corrected chi connectivity index (χ0v) is 25.9. The molecule has 0 amide bonds. The predicted molar refractivity (Wildman–Crippen MR) is 171 cm³/mol. The number of nitrogens with zero attached hydrogens (tertiary/aromatic N) is 7. The smallest absolute Gasteiger partial charge is 0.319 e. The van der Waals surface area contributed by atoms with Crippen LogP contribution < -0.4 is 25.8 Å². The van der Waals surface area contributed by atoms with Gasteiger partial charge >= 0.3 is 6.01 Å². The molecule has 0 spiro atoms. The molecule has 3 fully saturated rings. The Labute approximate surface area is 270 Å². The second-order valence-electron chi connectivity index (χ2n) is 12.8. The number of rotatable bonds is 6. The van der Waals surface area contributed by atoms with Crippen LogP contribution in [0, 0.1) is 11.6 Å². The maximum atomic E-state index is 16.9. The lowest BCUT2D eigenvalue weighted by Gasteiger charge is -2.42. The monoisotopic (exact) mass is 661 g/mol. The number of aromatic nitrogens is 5. The molecule has 5 aromatic rings. The molecule has 2 saturated heterocycles. The molecule has 15 heteroatoms. The lowest BCUT2D eigenvalue weighted by molar-refractivity contribution is 0.0871. The molecule has 9 rings (SSSR count). The highest BCUT2D eigenvalue weighted by Crippen LogP contribution is 2.47. The summed E-state index contributed by atoms with van der Waals surface area (Å²) in [5, 5.41) is 0.435. The topological polar surface area (TPSA) is 141 Å². The van der Waals surface area contributed by atoms with Crippen LogP contribution in [-0.2, 0) is 6.54 Å². The van der Waals surface area contributed by atoms with Crippen molar-refractivity contribution in [3.63, 3.8) is 0 Å². The lowest BCUT2D eigenvalue weighted by atomic mass is 9.87. The highest BCUT2D eigenvalue weighted by atomic mass is 32.1. The lowest BCUT2D eigenvalue weighted by Crippen LogP contribution is -2.52. The van der Waals surface area contributed by atoms with E-state index in [0.717, 1.165) is 49.1 Å². The van der Waals surface area contributed by atoms with Crippen molar-refractivity contribution >= 4 is 49.2 Å². The second kappa shape index (κ2) is 10.5. The minimum Gasteiger partial charge on any atom is -0.472 e. The summed E-state index contributed by atoms with van der Waals surface area (Å²) in [6.07, 6.45) is 4.06. The molecule has 1 saturated carbocycles. The van der Waals surface area contributed by atoms with Crippen molar-refractivity contribution in [2.24, 2.45) is 0 Å². The van der Waals surface area contributed by atoms with Crippen LogP contribution in [0.4, 0.5) is 29.9 Å². The molecule has 7 heterocycles. The van der Waals surface area contributed by atoms with E-state index in [-0.39, 0.29) is 68.2 Å². The van der Waals surface area contributed by atoms with Crippen LogP contribution in [-0.4, -0.2) is 73.4 Å². The standard InChI is InChI=1S/C32H30F3N9O2S/c33-16-11-32(8-2-10-43(32)13-16)14-45-31-41-25-21-28(42-31)44(12-15-3-1-9-38-27(15)36)19-6-7-20(19)46-29(21)39-23(22(25)35)17-4-5-18(34)26-24(17)40-30(37)47-26/h1,3-5,9,16,19-20H,2,6-8,10-14H2,(H2,36,38)(H2,37,40)/t16-,19+,20-,32+/m1/s1. The first-order valence-electron chi connectivity index (χ1n) is 15.7. The molecule has 4 atom stereocenters.